The number of carboxylic acid groups (broad SMARTS) is 1. The molecule has 0 spiro atoms. The monoisotopic (exact) mass is 398 g/mol. The zero-order chi connectivity index (χ0) is 19.8. The van der Waals surface area contributed by atoms with Crippen LogP contribution in [-0.4, -0.2) is 30.8 Å². The Labute approximate surface area is 152 Å². The Morgan fingerprint density at radius 1 is 1.33 bits per heavy atom. The van der Waals surface area contributed by atoms with E-state index in [2.05, 4.69) is 0 Å². The number of anilines is 1. The van der Waals surface area contributed by atoms with E-state index in [1.807, 2.05) is 0 Å². The smallest absolute Gasteiger partial charge is 0.417 e. The van der Waals surface area contributed by atoms with Gasteiger partial charge in [-0.25, -0.2) is 8.42 Å². The predicted molar refractivity (Wildman–Crippen MR) is 87.0 cm³/mol. The first-order valence-corrected chi connectivity index (χ1v) is 9.54. The van der Waals surface area contributed by atoms with Gasteiger partial charge in [0.15, 0.2) is 4.75 Å². The highest BCUT2D eigenvalue weighted by atomic mass is 32.2. The SMILES string of the molecule is N#Cc1ccc(N2C[C@H]3[C@H]4C=C[C@H](C4)[C@@]3(C(=O)O)S2(=O)=O)cc1C(F)(F)F. The summed E-state index contributed by atoms with van der Waals surface area (Å²) in [5, 5.41) is 18.7. The first-order valence-electron chi connectivity index (χ1n) is 8.10. The van der Waals surface area contributed by atoms with Crippen LogP contribution < -0.4 is 4.31 Å². The maximum atomic E-state index is 13.2. The van der Waals surface area contributed by atoms with Gasteiger partial charge >= 0.3 is 12.1 Å². The highest BCUT2D eigenvalue weighted by Gasteiger charge is 2.74. The van der Waals surface area contributed by atoms with E-state index in [1.165, 1.54) is 6.07 Å². The first-order chi connectivity index (χ1) is 12.5. The van der Waals surface area contributed by atoms with E-state index < -0.39 is 49.9 Å². The number of carboxylic acids is 1. The largest absolute Gasteiger partial charge is 0.480 e. The molecular weight excluding hydrogens is 385 g/mol. The molecule has 10 heteroatoms. The van der Waals surface area contributed by atoms with E-state index in [1.54, 1.807) is 12.2 Å². The maximum Gasteiger partial charge on any atom is 0.417 e. The number of nitriles is 1. The number of sulfonamides is 1. The molecule has 0 radical (unpaired) electrons. The Bertz CT molecular complexity index is 1030. The van der Waals surface area contributed by atoms with E-state index in [0.29, 0.717) is 12.5 Å². The Hall–Kier alpha value is -2.54. The molecule has 1 saturated carbocycles. The summed E-state index contributed by atoms with van der Waals surface area (Å²) in [5.74, 6) is -3.16. The summed E-state index contributed by atoms with van der Waals surface area (Å²) in [6, 6.07) is 4.05. The van der Waals surface area contributed by atoms with E-state index >= 15 is 0 Å². The molecule has 0 amide bonds. The van der Waals surface area contributed by atoms with Crippen molar-refractivity contribution in [2.75, 3.05) is 10.8 Å². The fraction of sp³-hybridized carbons (Fsp3) is 0.412. The van der Waals surface area contributed by atoms with Crippen LogP contribution in [0.2, 0.25) is 0 Å². The van der Waals surface area contributed by atoms with Gasteiger partial charge in [0.05, 0.1) is 22.9 Å². The van der Waals surface area contributed by atoms with Crippen LogP contribution in [0.4, 0.5) is 18.9 Å². The molecule has 1 N–H and O–H groups in total. The predicted octanol–water partition coefficient (Wildman–Crippen LogP) is 2.37. The molecule has 2 aliphatic carbocycles. The van der Waals surface area contributed by atoms with E-state index in [0.717, 1.165) is 16.4 Å². The number of hydrogen-bond acceptors (Lipinski definition) is 4. The van der Waals surface area contributed by atoms with Crippen molar-refractivity contribution in [3.63, 3.8) is 0 Å². The molecule has 1 aromatic rings. The van der Waals surface area contributed by atoms with Crippen LogP contribution in [0, 0.1) is 29.1 Å². The van der Waals surface area contributed by atoms with Crippen molar-refractivity contribution in [1.82, 2.24) is 0 Å². The van der Waals surface area contributed by atoms with Crippen LogP contribution in [0.15, 0.2) is 30.4 Å². The Kier molecular flexibility index (Phi) is 3.47. The second kappa shape index (κ2) is 5.25. The fourth-order valence-electron chi connectivity index (χ4n) is 4.74. The molecule has 0 aromatic heterocycles. The molecule has 1 heterocycles. The summed E-state index contributed by atoms with van der Waals surface area (Å²) in [6.07, 6.45) is -1.07. The van der Waals surface area contributed by atoms with E-state index in [9.17, 15) is 31.5 Å². The van der Waals surface area contributed by atoms with Gasteiger partial charge in [0.2, 0.25) is 0 Å². The minimum Gasteiger partial charge on any atom is -0.480 e. The summed E-state index contributed by atoms with van der Waals surface area (Å²) in [4.78, 5) is 12.1. The van der Waals surface area contributed by atoms with Crippen molar-refractivity contribution < 1.29 is 31.5 Å². The molecule has 0 unspecified atom stereocenters. The molecule has 6 nitrogen and oxygen atoms in total. The Morgan fingerprint density at radius 3 is 2.59 bits per heavy atom. The number of alkyl halides is 3. The van der Waals surface area contributed by atoms with E-state index in [4.69, 9.17) is 5.26 Å². The maximum absolute atomic E-state index is 13.2. The molecular formula is C17H13F3N2O4S. The molecule has 4 atom stereocenters. The van der Waals surface area contributed by atoms with Gasteiger partial charge in [0.25, 0.3) is 10.0 Å². The third-order valence-corrected chi connectivity index (χ3v) is 8.44. The zero-order valence-corrected chi connectivity index (χ0v) is 14.5. The van der Waals surface area contributed by atoms with Crippen molar-refractivity contribution in [3.05, 3.63) is 41.5 Å². The number of aliphatic carboxylic acids is 1. The Balaban J connectivity index is 1.87. The number of halogens is 3. The number of nitrogens with zero attached hydrogens (tertiary/aromatic N) is 2. The molecule has 1 saturated heterocycles. The van der Waals surface area contributed by atoms with Crippen molar-refractivity contribution in [2.24, 2.45) is 17.8 Å². The van der Waals surface area contributed by atoms with Gasteiger partial charge in [0.1, 0.15) is 0 Å². The van der Waals surface area contributed by atoms with Crippen molar-refractivity contribution in [2.45, 2.75) is 17.3 Å². The van der Waals surface area contributed by atoms with Gasteiger partial charge in [-0.2, -0.15) is 18.4 Å². The van der Waals surface area contributed by atoms with Crippen LogP contribution in [0.5, 0.6) is 0 Å². The van der Waals surface area contributed by atoms with Gasteiger partial charge in [-0.3, -0.25) is 9.10 Å². The normalized spacial score (nSPS) is 33.1. The second-order valence-electron chi connectivity index (χ2n) is 6.97. The average molecular weight is 398 g/mol. The number of fused-ring (bicyclic) bond motifs is 5. The van der Waals surface area contributed by atoms with Crippen LogP contribution in [0.1, 0.15) is 17.5 Å². The summed E-state index contributed by atoms with van der Waals surface area (Å²) in [5.41, 5.74) is -2.16. The van der Waals surface area contributed by atoms with Crippen molar-refractivity contribution in [3.8, 4) is 6.07 Å². The number of carbonyl (C=O) groups is 1. The third kappa shape index (κ3) is 2.06. The van der Waals surface area contributed by atoms with Crippen molar-refractivity contribution >= 4 is 21.7 Å². The molecule has 142 valence electrons. The zero-order valence-electron chi connectivity index (χ0n) is 13.6. The quantitative estimate of drug-likeness (QED) is 0.772. The molecule has 2 bridgehead atoms. The van der Waals surface area contributed by atoms with E-state index in [-0.39, 0.29) is 18.2 Å². The second-order valence-corrected chi connectivity index (χ2v) is 9.04. The average Bonchev–Trinajstić information content (AvgIpc) is 3.23. The fourth-order valence-corrected chi connectivity index (χ4v) is 7.26. The van der Waals surface area contributed by atoms with Gasteiger partial charge in [-0.05, 0) is 30.5 Å². The molecule has 1 aliphatic heterocycles. The van der Waals surface area contributed by atoms with Crippen LogP contribution >= 0.6 is 0 Å². The van der Waals surface area contributed by atoms with Crippen molar-refractivity contribution in [1.29, 1.82) is 5.26 Å². The van der Waals surface area contributed by atoms with Gasteiger partial charge < -0.3 is 5.11 Å². The van der Waals surface area contributed by atoms with Crippen LogP contribution in [0.3, 0.4) is 0 Å². The van der Waals surface area contributed by atoms with Gasteiger partial charge in [-0.15, -0.1) is 0 Å². The van der Waals surface area contributed by atoms with Gasteiger partial charge in [0, 0.05) is 18.4 Å². The minimum atomic E-state index is -4.84. The lowest BCUT2D eigenvalue weighted by atomic mass is 9.82. The topological polar surface area (TPSA) is 98.5 Å². The number of allylic oxidation sites excluding steroid dienone is 2. The van der Waals surface area contributed by atoms with Crippen LogP contribution in [-0.2, 0) is 21.0 Å². The summed E-state index contributed by atoms with van der Waals surface area (Å²) < 4.78 is 64.8. The number of benzene rings is 1. The minimum absolute atomic E-state index is 0.205. The summed E-state index contributed by atoms with van der Waals surface area (Å²) in [6.45, 7) is -0.205. The lowest BCUT2D eigenvalue weighted by molar-refractivity contribution is -0.142. The lowest BCUT2D eigenvalue weighted by Crippen LogP contribution is -2.53. The molecule has 1 aromatic carbocycles. The number of rotatable bonds is 2. The third-order valence-electron chi connectivity index (χ3n) is 5.87. The highest BCUT2D eigenvalue weighted by molar-refractivity contribution is 7.95. The summed E-state index contributed by atoms with van der Waals surface area (Å²) >= 11 is 0. The molecule has 4 rings (SSSR count). The number of hydrogen-bond donors (Lipinski definition) is 1. The lowest BCUT2D eigenvalue weighted by Gasteiger charge is -2.30. The highest BCUT2D eigenvalue weighted by Crippen LogP contribution is 2.60. The van der Waals surface area contributed by atoms with Gasteiger partial charge in [-0.1, -0.05) is 12.2 Å². The first kappa shape index (κ1) is 17.9. The summed E-state index contributed by atoms with van der Waals surface area (Å²) in [7, 11) is -4.46. The molecule has 27 heavy (non-hydrogen) atoms. The Morgan fingerprint density at radius 2 is 2.04 bits per heavy atom. The standard InChI is InChI=1S/C17H13F3N2O4S/c18-17(19,20)13-6-12(4-2-10(13)7-21)22-8-14-9-1-3-11(5-9)16(14,15(23)24)27(22,25)26/h1-4,6,9,11,14H,5,8H2,(H,23,24)/t9-,11+,14-,16+/m0/s1. The van der Waals surface area contributed by atoms with Crippen LogP contribution in [0.25, 0.3) is 0 Å². The molecule has 3 aliphatic rings. The molecule has 2 fully saturated rings.